The Balaban J connectivity index is 2.50. The van der Waals surface area contributed by atoms with Crippen molar-refractivity contribution in [3.63, 3.8) is 0 Å². The normalized spacial score (nSPS) is 12.8. The molecular weight excluding hydrogens is 140 g/mol. The van der Waals surface area contributed by atoms with Gasteiger partial charge >= 0.3 is 0 Å². The quantitative estimate of drug-likeness (QED) is 0.657. The number of aromatic nitrogens is 1. The summed E-state index contributed by atoms with van der Waals surface area (Å²) in [6.07, 6.45) is 2.53. The Hall–Kier alpha value is -1.25. The van der Waals surface area contributed by atoms with Crippen molar-refractivity contribution in [3.8, 4) is 0 Å². The minimum atomic E-state index is -0.250. The van der Waals surface area contributed by atoms with Crippen LogP contribution in [0.25, 0.3) is 0 Å². The summed E-state index contributed by atoms with van der Waals surface area (Å²) in [5.74, 6) is -0.340. The van der Waals surface area contributed by atoms with Gasteiger partial charge in [0.25, 0.3) is 0 Å². The fourth-order valence-electron chi connectivity index (χ4n) is 0.925. The zero-order chi connectivity index (χ0) is 8.27. The average molecular weight is 152 g/mol. The van der Waals surface area contributed by atoms with Gasteiger partial charge < -0.3 is 10.7 Å². The second kappa shape index (κ2) is 3.23. The molecule has 1 unspecified atom stereocenters. The lowest BCUT2D eigenvalue weighted by Gasteiger charge is -2.03. The third kappa shape index (κ3) is 2.11. The summed E-state index contributed by atoms with van der Waals surface area (Å²) < 4.78 is 0. The summed E-state index contributed by atoms with van der Waals surface area (Å²) >= 11 is 0. The summed E-state index contributed by atoms with van der Waals surface area (Å²) in [5.41, 5.74) is 6.15. The Morgan fingerprint density at radius 1 is 1.82 bits per heavy atom. The maximum absolute atomic E-state index is 10.6. The van der Waals surface area contributed by atoms with Gasteiger partial charge in [-0.05, 0) is 18.6 Å². The van der Waals surface area contributed by atoms with Crippen molar-refractivity contribution in [1.82, 2.24) is 4.98 Å². The molecule has 0 aromatic carbocycles. The van der Waals surface area contributed by atoms with E-state index in [1.54, 1.807) is 0 Å². The van der Waals surface area contributed by atoms with Gasteiger partial charge in [-0.2, -0.15) is 0 Å². The van der Waals surface area contributed by atoms with Gasteiger partial charge in [0.05, 0.1) is 0 Å². The molecule has 1 aromatic rings. The molecule has 11 heavy (non-hydrogen) atoms. The van der Waals surface area contributed by atoms with Gasteiger partial charge in [0.1, 0.15) is 0 Å². The molecule has 1 aromatic heterocycles. The molecule has 0 radical (unpaired) electrons. The van der Waals surface area contributed by atoms with Crippen molar-refractivity contribution in [3.05, 3.63) is 24.0 Å². The predicted molar refractivity (Wildman–Crippen MR) is 42.9 cm³/mol. The summed E-state index contributed by atoms with van der Waals surface area (Å²) in [7, 11) is 0. The third-order valence-electron chi connectivity index (χ3n) is 1.67. The molecule has 0 aliphatic carbocycles. The number of nitrogens with two attached hydrogens (primary N) is 1. The average Bonchev–Trinajstić information content (AvgIpc) is 2.39. The highest BCUT2D eigenvalue weighted by Crippen LogP contribution is 2.04. The van der Waals surface area contributed by atoms with Crippen LogP contribution in [0.3, 0.4) is 0 Å². The monoisotopic (exact) mass is 152 g/mol. The lowest BCUT2D eigenvalue weighted by Crippen LogP contribution is -2.22. The number of carbonyl (C=O) groups excluding carboxylic acids is 1. The molecule has 0 aliphatic heterocycles. The molecule has 3 N–H and O–H groups in total. The first-order valence-electron chi connectivity index (χ1n) is 3.61. The summed E-state index contributed by atoms with van der Waals surface area (Å²) in [4.78, 5) is 13.6. The van der Waals surface area contributed by atoms with Crippen LogP contribution < -0.4 is 5.73 Å². The van der Waals surface area contributed by atoms with Crippen LogP contribution in [0, 0.1) is 5.92 Å². The van der Waals surface area contributed by atoms with E-state index in [0.717, 1.165) is 5.69 Å². The van der Waals surface area contributed by atoms with Crippen molar-refractivity contribution in [2.75, 3.05) is 0 Å². The van der Waals surface area contributed by atoms with Crippen LogP contribution in [0.15, 0.2) is 18.3 Å². The van der Waals surface area contributed by atoms with Crippen LogP contribution in [0.1, 0.15) is 12.6 Å². The molecule has 0 saturated carbocycles. The Morgan fingerprint density at radius 2 is 2.55 bits per heavy atom. The standard InChI is InChI=1S/C8H12N2O/c1-6(8(9)11)5-7-3-2-4-10-7/h2-4,6,10H,5H2,1H3,(H2,9,11). The molecule has 60 valence electrons. The van der Waals surface area contributed by atoms with Crippen LogP contribution in [0.4, 0.5) is 0 Å². The van der Waals surface area contributed by atoms with Crippen LogP contribution in [0.5, 0.6) is 0 Å². The number of aromatic amines is 1. The third-order valence-corrected chi connectivity index (χ3v) is 1.67. The molecule has 0 spiro atoms. The van der Waals surface area contributed by atoms with E-state index in [1.165, 1.54) is 0 Å². The van der Waals surface area contributed by atoms with E-state index < -0.39 is 0 Å². The van der Waals surface area contributed by atoms with Gasteiger partial charge in [0.2, 0.25) is 5.91 Å². The predicted octanol–water partition coefficient (Wildman–Crippen LogP) is 0.679. The topological polar surface area (TPSA) is 58.9 Å². The number of primary amides is 1. The number of H-pyrrole nitrogens is 1. The van der Waals surface area contributed by atoms with Gasteiger partial charge in [0, 0.05) is 17.8 Å². The zero-order valence-corrected chi connectivity index (χ0v) is 6.50. The number of rotatable bonds is 3. The highest BCUT2D eigenvalue weighted by molar-refractivity contribution is 5.76. The molecule has 3 nitrogen and oxygen atoms in total. The molecule has 1 amide bonds. The second-order valence-corrected chi connectivity index (χ2v) is 2.70. The maximum Gasteiger partial charge on any atom is 0.220 e. The van der Waals surface area contributed by atoms with E-state index in [9.17, 15) is 4.79 Å². The van der Waals surface area contributed by atoms with Crippen molar-refractivity contribution < 1.29 is 4.79 Å². The van der Waals surface area contributed by atoms with Crippen molar-refractivity contribution in [1.29, 1.82) is 0 Å². The molecule has 1 heterocycles. The fourth-order valence-corrected chi connectivity index (χ4v) is 0.925. The molecular formula is C8H12N2O. The van der Waals surface area contributed by atoms with Crippen molar-refractivity contribution in [2.24, 2.45) is 11.7 Å². The highest BCUT2D eigenvalue weighted by atomic mass is 16.1. The molecule has 0 fully saturated rings. The Morgan fingerprint density at radius 3 is 3.00 bits per heavy atom. The van der Waals surface area contributed by atoms with Crippen LogP contribution >= 0.6 is 0 Å². The maximum atomic E-state index is 10.6. The fraction of sp³-hybridized carbons (Fsp3) is 0.375. The van der Waals surface area contributed by atoms with E-state index in [2.05, 4.69) is 4.98 Å². The number of amides is 1. The Bertz CT molecular complexity index is 228. The zero-order valence-electron chi connectivity index (χ0n) is 6.50. The number of hydrogen-bond acceptors (Lipinski definition) is 1. The second-order valence-electron chi connectivity index (χ2n) is 2.70. The number of carbonyl (C=O) groups is 1. The van der Waals surface area contributed by atoms with E-state index in [0.29, 0.717) is 6.42 Å². The van der Waals surface area contributed by atoms with Gasteiger partial charge in [-0.25, -0.2) is 0 Å². The summed E-state index contributed by atoms with van der Waals surface area (Å²) in [5, 5.41) is 0. The summed E-state index contributed by atoms with van der Waals surface area (Å²) in [6.45, 7) is 1.82. The number of hydrogen-bond donors (Lipinski definition) is 2. The first kappa shape index (κ1) is 7.85. The smallest absolute Gasteiger partial charge is 0.220 e. The van der Waals surface area contributed by atoms with Gasteiger partial charge in [0.15, 0.2) is 0 Å². The minimum Gasteiger partial charge on any atom is -0.369 e. The van der Waals surface area contributed by atoms with Crippen molar-refractivity contribution in [2.45, 2.75) is 13.3 Å². The molecule has 0 saturated heterocycles. The van der Waals surface area contributed by atoms with E-state index >= 15 is 0 Å². The Labute approximate surface area is 65.6 Å². The van der Waals surface area contributed by atoms with E-state index in [1.807, 2.05) is 25.3 Å². The van der Waals surface area contributed by atoms with Gasteiger partial charge in [-0.1, -0.05) is 6.92 Å². The molecule has 1 atom stereocenters. The van der Waals surface area contributed by atoms with Gasteiger partial charge in [-0.15, -0.1) is 0 Å². The van der Waals surface area contributed by atoms with E-state index in [-0.39, 0.29) is 11.8 Å². The lowest BCUT2D eigenvalue weighted by atomic mass is 10.1. The summed E-state index contributed by atoms with van der Waals surface area (Å²) in [6, 6.07) is 3.85. The molecule has 0 bridgehead atoms. The molecule has 0 aliphatic rings. The van der Waals surface area contributed by atoms with Crippen LogP contribution in [-0.2, 0) is 11.2 Å². The Kier molecular flexibility index (Phi) is 2.31. The van der Waals surface area contributed by atoms with Crippen LogP contribution in [0.2, 0.25) is 0 Å². The van der Waals surface area contributed by atoms with Crippen molar-refractivity contribution >= 4 is 5.91 Å². The molecule has 3 heteroatoms. The largest absolute Gasteiger partial charge is 0.369 e. The molecule has 1 rings (SSSR count). The number of nitrogens with one attached hydrogen (secondary N) is 1. The van der Waals surface area contributed by atoms with Gasteiger partial charge in [-0.3, -0.25) is 4.79 Å². The SMILES string of the molecule is CC(Cc1ccc[nH]1)C(N)=O. The first-order valence-corrected chi connectivity index (χ1v) is 3.61. The minimum absolute atomic E-state index is 0.0892. The first-order chi connectivity index (χ1) is 5.20. The highest BCUT2D eigenvalue weighted by Gasteiger charge is 2.08. The van der Waals surface area contributed by atoms with E-state index in [4.69, 9.17) is 5.73 Å². The lowest BCUT2D eigenvalue weighted by molar-refractivity contribution is -0.121. The van der Waals surface area contributed by atoms with Crippen LogP contribution in [-0.4, -0.2) is 10.9 Å².